The van der Waals surface area contributed by atoms with Gasteiger partial charge in [0.15, 0.2) is 5.76 Å². The number of piperidine rings is 1. The monoisotopic (exact) mass is 294 g/mol. The molecule has 0 spiro atoms. The quantitative estimate of drug-likeness (QED) is 0.868. The zero-order valence-electron chi connectivity index (χ0n) is 12.4. The lowest BCUT2D eigenvalue weighted by Gasteiger charge is -2.34. The molecule has 116 valence electrons. The van der Waals surface area contributed by atoms with E-state index in [0.29, 0.717) is 13.1 Å². The molecule has 2 heterocycles. The van der Waals surface area contributed by atoms with E-state index in [2.05, 4.69) is 5.32 Å². The van der Waals surface area contributed by atoms with Crippen molar-refractivity contribution in [3.05, 3.63) is 24.2 Å². The van der Waals surface area contributed by atoms with Crippen molar-refractivity contribution in [1.29, 1.82) is 0 Å². The van der Waals surface area contributed by atoms with Gasteiger partial charge < -0.3 is 19.7 Å². The first kappa shape index (κ1) is 15.6. The molecule has 0 aliphatic carbocycles. The highest BCUT2D eigenvalue weighted by atomic mass is 16.3. The fraction of sp³-hybridized carbons (Fsp3) is 0.600. The van der Waals surface area contributed by atoms with Gasteiger partial charge in [-0.1, -0.05) is 13.8 Å². The minimum Gasteiger partial charge on any atom is -0.459 e. The van der Waals surface area contributed by atoms with Gasteiger partial charge in [-0.25, -0.2) is 0 Å². The summed E-state index contributed by atoms with van der Waals surface area (Å²) in [7, 11) is 0. The topological polar surface area (TPSA) is 82.8 Å². The lowest BCUT2D eigenvalue weighted by Crippen LogP contribution is -2.54. The molecule has 1 aliphatic heterocycles. The van der Waals surface area contributed by atoms with E-state index >= 15 is 0 Å². The predicted molar refractivity (Wildman–Crippen MR) is 76.6 cm³/mol. The molecular weight excluding hydrogens is 272 g/mol. The van der Waals surface area contributed by atoms with Gasteiger partial charge in [-0.2, -0.15) is 0 Å². The molecule has 1 aromatic heterocycles. The molecule has 1 aromatic rings. The third kappa shape index (κ3) is 3.85. The highest BCUT2D eigenvalue weighted by molar-refractivity contribution is 5.95. The molecule has 2 amide bonds. The van der Waals surface area contributed by atoms with E-state index in [1.807, 2.05) is 13.8 Å². The first-order valence-electron chi connectivity index (χ1n) is 7.30. The number of likely N-dealkylation sites (tertiary alicyclic amines) is 1. The molecule has 1 saturated heterocycles. The zero-order valence-corrected chi connectivity index (χ0v) is 12.4. The number of nitrogens with zero attached hydrogens (tertiary/aromatic N) is 1. The summed E-state index contributed by atoms with van der Waals surface area (Å²) in [4.78, 5) is 26.2. The van der Waals surface area contributed by atoms with Gasteiger partial charge in [0, 0.05) is 13.1 Å². The van der Waals surface area contributed by atoms with Crippen molar-refractivity contribution in [3.63, 3.8) is 0 Å². The Morgan fingerprint density at radius 2 is 2.24 bits per heavy atom. The summed E-state index contributed by atoms with van der Waals surface area (Å²) in [6.45, 7) is 4.71. The Bertz CT molecular complexity index is 484. The van der Waals surface area contributed by atoms with Crippen LogP contribution in [0.1, 0.15) is 37.2 Å². The number of hydrogen-bond acceptors (Lipinski definition) is 4. The van der Waals surface area contributed by atoms with Crippen molar-refractivity contribution in [1.82, 2.24) is 10.2 Å². The van der Waals surface area contributed by atoms with E-state index in [1.165, 1.54) is 6.26 Å². The first-order chi connectivity index (χ1) is 9.99. The Labute approximate surface area is 124 Å². The molecule has 1 aliphatic rings. The molecule has 2 N–H and O–H groups in total. The van der Waals surface area contributed by atoms with Crippen molar-refractivity contribution in [3.8, 4) is 0 Å². The van der Waals surface area contributed by atoms with Crippen LogP contribution < -0.4 is 5.32 Å². The molecule has 0 aromatic carbocycles. The number of aliphatic hydroxyl groups is 1. The number of rotatable bonds is 4. The molecule has 2 rings (SSSR count). The SMILES string of the molecule is CC(C)C(NC(=O)c1ccco1)C(=O)N1CCCC(O)C1. The van der Waals surface area contributed by atoms with Gasteiger partial charge >= 0.3 is 0 Å². The van der Waals surface area contributed by atoms with Crippen LogP contribution in [0.2, 0.25) is 0 Å². The second-order valence-electron chi connectivity index (χ2n) is 5.75. The molecule has 0 radical (unpaired) electrons. The number of aliphatic hydroxyl groups excluding tert-OH is 1. The summed E-state index contributed by atoms with van der Waals surface area (Å²) < 4.78 is 5.04. The Hall–Kier alpha value is -1.82. The molecule has 21 heavy (non-hydrogen) atoms. The predicted octanol–water partition coefficient (Wildman–Crippen LogP) is 1.02. The third-order valence-electron chi connectivity index (χ3n) is 3.67. The third-order valence-corrected chi connectivity index (χ3v) is 3.67. The average molecular weight is 294 g/mol. The fourth-order valence-corrected chi connectivity index (χ4v) is 2.49. The summed E-state index contributed by atoms with van der Waals surface area (Å²) in [6.07, 6.45) is 2.44. The van der Waals surface area contributed by atoms with E-state index in [0.717, 1.165) is 12.8 Å². The Kier molecular flexibility index (Phi) is 5.01. The van der Waals surface area contributed by atoms with Crippen LogP contribution in [0.25, 0.3) is 0 Å². The summed E-state index contributed by atoms with van der Waals surface area (Å²) in [6, 6.07) is 2.57. The van der Waals surface area contributed by atoms with Crippen molar-refractivity contribution in [2.24, 2.45) is 5.92 Å². The maximum atomic E-state index is 12.6. The summed E-state index contributed by atoms with van der Waals surface area (Å²) in [5.41, 5.74) is 0. The van der Waals surface area contributed by atoms with Crippen LogP contribution in [0.15, 0.2) is 22.8 Å². The van der Waals surface area contributed by atoms with Crippen LogP contribution in [-0.2, 0) is 4.79 Å². The largest absolute Gasteiger partial charge is 0.459 e. The van der Waals surface area contributed by atoms with Gasteiger partial charge in [0.2, 0.25) is 5.91 Å². The molecule has 6 nitrogen and oxygen atoms in total. The number of amides is 2. The molecule has 2 atom stereocenters. The normalized spacial score (nSPS) is 20.4. The Morgan fingerprint density at radius 3 is 2.81 bits per heavy atom. The van der Waals surface area contributed by atoms with Gasteiger partial charge in [-0.15, -0.1) is 0 Å². The highest BCUT2D eigenvalue weighted by Crippen LogP contribution is 2.14. The lowest BCUT2D eigenvalue weighted by molar-refractivity contribution is -0.137. The van der Waals surface area contributed by atoms with Crippen LogP contribution in [0, 0.1) is 5.92 Å². The second kappa shape index (κ2) is 6.76. The summed E-state index contributed by atoms with van der Waals surface area (Å²) >= 11 is 0. The van der Waals surface area contributed by atoms with E-state index in [4.69, 9.17) is 4.42 Å². The molecule has 2 unspecified atom stereocenters. The van der Waals surface area contributed by atoms with Gasteiger partial charge in [0.25, 0.3) is 5.91 Å². The second-order valence-corrected chi connectivity index (χ2v) is 5.75. The lowest BCUT2D eigenvalue weighted by atomic mass is 10.0. The van der Waals surface area contributed by atoms with E-state index in [9.17, 15) is 14.7 Å². The highest BCUT2D eigenvalue weighted by Gasteiger charge is 2.31. The molecule has 1 fully saturated rings. The number of hydrogen-bond donors (Lipinski definition) is 2. The standard InChI is InChI=1S/C15H22N2O4/c1-10(2)13(16-14(19)12-6-4-8-21-12)15(20)17-7-3-5-11(18)9-17/h4,6,8,10-11,13,18H,3,5,7,9H2,1-2H3,(H,16,19). The van der Waals surface area contributed by atoms with Crippen LogP contribution in [-0.4, -0.2) is 47.1 Å². The first-order valence-corrected chi connectivity index (χ1v) is 7.30. The smallest absolute Gasteiger partial charge is 0.287 e. The average Bonchev–Trinajstić information content (AvgIpc) is 2.97. The van der Waals surface area contributed by atoms with Crippen LogP contribution in [0.4, 0.5) is 0 Å². The maximum Gasteiger partial charge on any atom is 0.287 e. The van der Waals surface area contributed by atoms with Crippen LogP contribution in [0.5, 0.6) is 0 Å². The van der Waals surface area contributed by atoms with Crippen molar-refractivity contribution < 1.29 is 19.1 Å². The molecule has 0 bridgehead atoms. The number of carbonyl (C=O) groups is 2. The number of β-amino-alcohol motifs (C(OH)–C–C–N with tert-alkyl or cyclic N) is 1. The minimum atomic E-state index is -0.618. The van der Waals surface area contributed by atoms with E-state index < -0.39 is 18.1 Å². The minimum absolute atomic E-state index is 0.0459. The molecule has 0 saturated carbocycles. The summed E-state index contributed by atoms with van der Waals surface area (Å²) in [5, 5.41) is 12.4. The summed E-state index contributed by atoms with van der Waals surface area (Å²) in [5.74, 6) is -0.407. The molecular formula is C15H22N2O4. The molecule has 6 heteroatoms. The van der Waals surface area contributed by atoms with Crippen LogP contribution in [0.3, 0.4) is 0 Å². The van der Waals surface area contributed by atoms with Crippen LogP contribution >= 0.6 is 0 Å². The van der Waals surface area contributed by atoms with Gasteiger partial charge in [0.05, 0.1) is 12.4 Å². The van der Waals surface area contributed by atoms with Crippen molar-refractivity contribution in [2.45, 2.75) is 38.8 Å². The van der Waals surface area contributed by atoms with E-state index in [1.54, 1.807) is 17.0 Å². The zero-order chi connectivity index (χ0) is 15.4. The number of nitrogens with one attached hydrogen (secondary N) is 1. The number of furan rings is 1. The van der Waals surface area contributed by atoms with Gasteiger partial charge in [-0.3, -0.25) is 9.59 Å². The Morgan fingerprint density at radius 1 is 1.48 bits per heavy atom. The number of carbonyl (C=O) groups excluding carboxylic acids is 2. The maximum absolute atomic E-state index is 12.6. The van der Waals surface area contributed by atoms with Gasteiger partial charge in [0.1, 0.15) is 6.04 Å². The van der Waals surface area contributed by atoms with Gasteiger partial charge in [-0.05, 0) is 30.9 Å². The van der Waals surface area contributed by atoms with Crippen molar-refractivity contribution in [2.75, 3.05) is 13.1 Å². The van der Waals surface area contributed by atoms with E-state index in [-0.39, 0.29) is 17.6 Å². The Balaban J connectivity index is 2.04. The van der Waals surface area contributed by atoms with Crippen molar-refractivity contribution >= 4 is 11.8 Å². The fourth-order valence-electron chi connectivity index (χ4n) is 2.49.